The highest BCUT2D eigenvalue weighted by atomic mass is 32.1. The number of pyridine rings is 1. The fourth-order valence-electron chi connectivity index (χ4n) is 2.51. The first kappa shape index (κ1) is 18.7. The summed E-state index contributed by atoms with van der Waals surface area (Å²) < 4.78 is 1.84. The minimum Gasteiger partial charge on any atom is -0.361 e. The highest BCUT2D eigenvalue weighted by Crippen LogP contribution is 2.21. The van der Waals surface area contributed by atoms with Crippen molar-refractivity contribution < 1.29 is 0 Å². The molecule has 0 radical (unpaired) electrons. The van der Waals surface area contributed by atoms with Crippen LogP contribution in [-0.4, -0.2) is 32.6 Å². The van der Waals surface area contributed by atoms with Gasteiger partial charge in [-0.05, 0) is 42.9 Å². The SMILES string of the molecule is CCCCNC(=S)N/N=C\c1cn(-c2ccccc2)nc1-c1ccncc1. The van der Waals surface area contributed by atoms with E-state index in [-0.39, 0.29) is 0 Å². The molecule has 0 aliphatic carbocycles. The molecular weight excluding hydrogens is 356 g/mol. The van der Waals surface area contributed by atoms with Crippen molar-refractivity contribution in [2.75, 3.05) is 6.54 Å². The number of aromatic nitrogens is 3. The third kappa shape index (κ3) is 5.21. The second kappa shape index (κ2) is 9.59. The van der Waals surface area contributed by atoms with Gasteiger partial charge in [-0.25, -0.2) is 4.68 Å². The fourth-order valence-corrected chi connectivity index (χ4v) is 2.66. The highest BCUT2D eigenvalue weighted by molar-refractivity contribution is 7.80. The van der Waals surface area contributed by atoms with Crippen molar-refractivity contribution >= 4 is 23.5 Å². The monoisotopic (exact) mass is 378 g/mol. The molecule has 0 aliphatic heterocycles. The second-order valence-electron chi connectivity index (χ2n) is 5.93. The number of unbranched alkanes of at least 4 members (excludes halogenated alkanes) is 1. The smallest absolute Gasteiger partial charge is 0.186 e. The van der Waals surface area contributed by atoms with Gasteiger partial charge in [0.2, 0.25) is 0 Å². The lowest BCUT2D eigenvalue weighted by Crippen LogP contribution is -2.32. The first-order valence-electron chi connectivity index (χ1n) is 8.90. The molecule has 0 unspecified atom stereocenters. The maximum absolute atomic E-state index is 5.23. The molecule has 3 aromatic rings. The van der Waals surface area contributed by atoms with E-state index < -0.39 is 0 Å². The lowest BCUT2D eigenvalue weighted by Gasteiger charge is -2.05. The van der Waals surface area contributed by atoms with Gasteiger partial charge in [-0.1, -0.05) is 31.5 Å². The van der Waals surface area contributed by atoms with Crippen molar-refractivity contribution in [2.24, 2.45) is 5.10 Å². The third-order valence-electron chi connectivity index (χ3n) is 3.90. The largest absolute Gasteiger partial charge is 0.361 e. The minimum absolute atomic E-state index is 0.514. The molecule has 3 rings (SSSR count). The molecule has 0 bridgehead atoms. The highest BCUT2D eigenvalue weighted by Gasteiger charge is 2.10. The van der Waals surface area contributed by atoms with E-state index >= 15 is 0 Å². The van der Waals surface area contributed by atoms with Gasteiger partial charge in [-0.3, -0.25) is 10.4 Å². The maximum Gasteiger partial charge on any atom is 0.186 e. The number of thiocarbonyl (C=S) groups is 1. The van der Waals surface area contributed by atoms with Gasteiger partial charge in [0.25, 0.3) is 0 Å². The zero-order valence-corrected chi connectivity index (χ0v) is 16.0. The topological polar surface area (TPSA) is 67.1 Å². The Morgan fingerprint density at radius 1 is 1.19 bits per heavy atom. The number of hydrogen-bond donors (Lipinski definition) is 2. The summed E-state index contributed by atoms with van der Waals surface area (Å²) in [4.78, 5) is 4.08. The molecule has 0 amide bonds. The average molecular weight is 379 g/mol. The zero-order chi connectivity index (χ0) is 18.9. The standard InChI is InChI=1S/C20H22N6S/c1-2-3-11-22-20(27)24-23-14-17-15-26(18-7-5-4-6-8-18)25-19(17)16-9-12-21-13-10-16/h4-10,12-15H,2-3,11H2,1H3,(H2,22,24,27)/b23-14-. The summed E-state index contributed by atoms with van der Waals surface area (Å²) in [6.45, 7) is 2.98. The van der Waals surface area contributed by atoms with Crippen molar-refractivity contribution in [1.82, 2.24) is 25.5 Å². The van der Waals surface area contributed by atoms with Gasteiger partial charge >= 0.3 is 0 Å². The first-order chi connectivity index (χ1) is 13.3. The molecule has 2 N–H and O–H groups in total. The summed E-state index contributed by atoms with van der Waals surface area (Å²) in [5.74, 6) is 0. The molecule has 0 saturated carbocycles. The Labute approximate surface area is 164 Å². The molecule has 1 aromatic carbocycles. The summed E-state index contributed by atoms with van der Waals surface area (Å²) in [6, 6.07) is 13.8. The lowest BCUT2D eigenvalue weighted by molar-refractivity contribution is 0.745. The second-order valence-corrected chi connectivity index (χ2v) is 6.34. The zero-order valence-electron chi connectivity index (χ0n) is 15.2. The van der Waals surface area contributed by atoms with Gasteiger partial charge in [0.15, 0.2) is 5.11 Å². The molecule has 138 valence electrons. The van der Waals surface area contributed by atoms with Crippen LogP contribution in [0.15, 0.2) is 66.2 Å². The number of nitrogens with zero attached hydrogens (tertiary/aromatic N) is 4. The van der Waals surface area contributed by atoms with E-state index in [1.807, 2.05) is 53.3 Å². The summed E-state index contributed by atoms with van der Waals surface area (Å²) in [7, 11) is 0. The van der Waals surface area contributed by atoms with Gasteiger partial charge in [0.1, 0.15) is 5.69 Å². The fraction of sp³-hybridized carbons (Fsp3) is 0.200. The number of hydrazone groups is 1. The minimum atomic E-state index is 0.514. The van der Waals surface area contributed by atoms with E-state index in [9.17, 15) is 0 Å². The number of nitrogens with one attached hydrogen (secondary N) is 2. The Morgan fingerprint density at radius 2 is 1.96 bits per heavy atom. The molecule has 0 fully saturated rings. The van der Waals surface area contributed by atoms with Crippen LogP contribution in [0.25, 0.3) is 16.9 Å². The quantitative estimate of drug-likeness (QED) is 0.285. The van der Waals surface area contributed by atoms with E-state index in [0.717, 1.165) is 41.9 Å². The van der Waals surface area contributed by atoms with Gasteiger partial charge in [0, 0.05) is 36.3 Å². The van der Waals surface area contributed by atoms with Crippen LogP contribution in [0, 0.1) is 0 Å². The van der Waals surface area contributed by atoms with Crippen molar-refractivity contribution in [3.8, 4) is 16.9 Å². The van der Waals surface area contributed by atoms with Crippen LogP contribution in [0.4, 0.5) is 0 Å². The Hall–Kier alpha value is -3.06. The predicted molar refractivity (Wildman–Crippen MR) is 113 cm³/mol. The molecular formula is C20H22N6S. The van der Waals surface area contributed by atoms with Gasteiger partial charge in [0.05, 0.1) is 11.9 Å². The summed E-state index contributed by atoms with van der Waals surface area (Å²) in [5, 5.41) is 12.6. The van der Waals surface area contributed by atoms with E-state index in [2.05, 4.69) is 27.8 Å². The molecule has 0 saturated heterocycles. The van der Waals surface area contributed by atoms with Crippen LogP contribution in [0.2, 0.25) is 0 Å². The van der Waals surface area contributed by atoms with Crippen molar-refractivity contribution in [3.63, 3.8) is 0 Å². The van der Waals surface area contributed by atoms with Crippen molar-refractivity contribution in [3.05, 3.63) is 66.6 Å². The predicted octanol–water partition coefficient (Wildman–Crippen LogP) is 3.53. The number of benzene rings is 1. The van der Waals surface area contributed by atoms with Crippen LogP contribution in [0.3, 0.4) is 0 Å². The van der Waals surface area contributed by atoms with Crippen LogP contribution in [-0.2, 0) is 0 Å². The normalized spacial score (nSPS) is 10.9. The summed E-state index contributed by atoms with van der Waals surface area (Å²) in [5.41, 5.74) is 6.53. The molecule has 2 heterocycles. The molecule has 0 atom stereocenters. The Kier molecular flexibility index (Phi) is 6.65. The third-order valence-corrected chi connectivity index (χ3v) is 4.14. The number of rotatable bonds is 7. The van der Waals surface area contributed by atoms with Gasteiger partial charge in [-0.15, -0.1) is 0 Å². The number of hydrogen-bond acceptors (Lipinski definition) is 4. The summed E-state index contributed by atoms with van der Waals surface area (Å²) in [6.07, 6.45) is 9.37. The van der Waals surface area contributed by atoms with Gasteiger partial charge < -0.3 is 5.32 Å². The van der Waals surface area contributed by atoms with E-state index in [1.165, 1.54) is 0 Å². The van der Waals surface area contributed by atoms with E-state index in [4.69, 9.17) is 17.3 Å². The first-order valence-corrected chi connectivity index (χ1v) is 9.31. The molecule has 7 heteroatoms. The van der Waals surface area contributed by atoms with Crippen molar-refractivity contribution in [2.45, 2.75) is 19.8 Å². The van der Waals surface area contributed by atoms with Crippen molar-refractivity contribution in [1.29, 1.82) is 0 Å². The maximum atomic E-state index is 5.23. The van der Waals surface area contributed by atoms with Gasteiger partial charge in [-0.2, -0.15) is 10.2 Å². The van der Waals surface area contributed by atoms with E-state index in [1.54, 1.807) is 18.6 Å². The van der Waals surface area contributed by atoms with Crippen LogP contribution in [0.5, 0.6) is 0 Å². The van der Waals surface area contributed by atoms with Crippen LogP contribution in [0.1, 0.15) is 25.3 Å². The Bertz CT molecular complexity index is 889. The Balaban J connectivity index is 1.81. The van der Waals surface area contributed by atoms with E-state index in [0.29, 0.717) is 5.11 Å². The van der Waals surface area contributed by atoms with Crippen LogP contribution < -0.4 is 10.7 Å². The lowest BCUT2D eigenvalue weighted by atomic mass is 10.1. The average Bonchev–Trinajstić information content (AvgIpc) is 3.14. The number of para-hydroxylation sites is 1. The summed E-state index contributed by atoms with van der Waals surface area (Å²) >= 11 is 5.23. The molecule has 2 aromatic heterocycles. The molecule has 6 nitrogen and oxygen atoms in total. The molecule has 0 spiro atoms. The Morgan fingerprint density at radius 3 is 2.70 bits per heavy atom. The molecule has 27 heavy (non-hydrogen) atoms. The molecule has 0 aliphatic rings. The van der Waals surface area contributed by atoms with Crippen LogP contribution >= 0.6 is 12.2 Å².